The maximum atomic E-state index is 12.8. The standard InChI is InChI=1S/C15H12ClFN4O/c16-11-3-1-10(2-4-11)15(22)14(9-19-18)21-20-13-7-5-12(17)6-8-13/h1-9,20H,18H2/b19-9+,21-14?. The molecule has 0 saturated heterocycles. The Kier molecular flexibility index (Phi) is 5.21. The zero-order valence-electron chi connectivity index (χ0n) is 11.3. The normalized spacial score (nSPS) is 11.6. The summed E-state index contributed by atoms with van der Waals surface area (Å²) in [6.07, 6.45) is 1.13. The van der Waals surface area contributed by atoms with Crippen molar-refractivity contribution in [3.05, 3.63) is 64.9 Å². The van der Waals surface area contributed by atoms with Gasteiger partial charge in [-0.05, 0) is 48.5 Å². The molecular weight excluding hydrogens is 307 g/mol. The van der Waals surface area contributed by atoms with Gasteiger partial charge in [0.25, 0.3) is 0 Å². The van der Waals surface area contributed by atoms with E-state index in [-0.39, 0.29) is 17.3 Å². The average molecular weight is 319 g/mol. The Morgan fingerprint density at radius 1 is 1.14 bits per heavy atom. The first-order chi connectivity index (χ1) is 10.6. The quantitative estimate of drug-likeness (QED) is 0.385. The van der Waals surface area contributed by atoms with E-state index in [1.807, 2.05) is 0 Å². The molecule has 22 heavy (non-hydrogen) atoms. The van der Waals surface area contributed by atoms with Gasteiger partial charge < -0.3 is 5.84 Å². The van der Waals surface area contributed by atoms with Crippen molar-refractivity contribution in [2.75, 3.05) is 5.43 Å². The van der Waals surface area contributed by atoms with Crippen LogP contribution in [-0.4, -0.2) is 17.7 Å². The molecule has 0 aliphatic carbocycles. The van der Waals surface area contributed by atoms with E-state index in [0.717, 1.165) is 6.21 Å². The Bertz CT molecular complexity index is 711. The molecule has 3 N–H and O–H groups in total. The van der Waals surface area contributed by atoms with Gasteiger partial charge in [-0.3, -0.25) is 10.2 Å². The van der Waals surface area contributed by atoms with Crippen molar-refractivity contribution in [1.29, 1.82) is 0 Å². The fraction of sp³-hybridized carbons (Fsp3) is 0. The van der Waals surface area contributed by atoms with Crippen molar-refractivity contribution in [2.24, 2.45) is 16.0 Å². The summed E-state index contributed by atoms with van der Waals surface area (Å²) < 4.78 is 12.8. The maximum absolute atomic E-state index is 12.8. The lowest BCUT2D eigenvalue weighted by atomic mass is 10.1. The lowest BCUT2D eigenvalue weighted by Gasteiger charge is -2.03. The highest BCUT2D eigenvalue weighted by Crippen LogP contribution is 2.11. The van der Waals surface area contributed by atoms with Crippen molar-refractivity contribution >= 4 is 35.0 Å². The third-order valence-corrected chi connectivity index (χ3v) is 2.94. The maximum Gasteiger partial charge on any atom is 0.214 e. The van der Waals surface area contributed by atoms with Crippen LogP contribution in [0.5, 0.6) is 0 Å². The number of hydrazone groups is 2. The van der Waals surface area contributed by atoms with Crippen LogP contribution < -0.4 is 11.3 Å². The molecule has 2 aromatic carbocycles. The van der Waals surface area contributed by atoms with Crippen LogP contribution in [0, 0.1) is 5.82 Å². The van der Waals surface area contributed by atoms with Crippen molar-refractivity contribution < 1.29 is 9.18 Å². The highest BCUT2D eigenvalue weighted by atomic mass is 35.5. The Labute approximate surface area is 131 Å². The highest BCUT2D eigenvalue weighted by molar-refractivity contribution is 6.64. The number of halogens is 2. The van der Waals surface area contributed by atoms with Gasteiger partial charge in [-0.2, -0.15) is 10.2 Å². The van der Waals surface area contributed by atoms with Crippen LogP contribution in [0.25, 0.3) is 0 Å². The van der Waals surface area contributed by atoms with Crippen LogP contribution in [0.1, 0.15) is 10.4 Å². The zero-order chi connectivity index (χ0) is 15.9. The highest BCUT2D eigenvalue weighted by Gasteiger charge is 2.12. The number of ketones is 1. The molecule has 0 amide bonds. The van der Waals surface area contributed by atoms with Crippen molar-refractivity contribution in [2.45, 2.75) is 0 Å². The van der Waals surface area contributed by atoms with E-state index in [2.05, 4.69) is 15.6 Å². The van der Waals surface area contributed by atoms with Gasteiger partial charge in [-0.15, -0.1) is 0 Å². The van der Waals surface area contributed by atoms with Crippen LogP contribution in [0.3, 0.4) is 0 Å². The lowest BCUT2D eigenvalue weighted by molar-refractivity contribution is 0.106. The molecule has 7 heteroatoms. The molecule has 0 spiro atoms. The summed E-state index contributed by atoms with van der Waals surface area (Å²) in [6, 6.07) is 11.9. The van der Waals surface area contributed by atoms with E-state index in [4.69, 9.17) is 17.4 Å². The number of nitrogens with one attached hydrogen (secondary N) is 1. The molecule has 112 valence electrons. The second kappa shape index (κ2) is 7.33. The first kappa shape index (κ1) is 15.7. The summed E-state index contributed by atoms with van der Waals surface area (Å²) >= 11 is 5.78. The van der Waals surface area contributed by atoms with Gasteiger partial charge in [0.2, 0.25) is 5.78 Å². The molecule has 0 atom stereocenters. The minimum absolute atomic E-state index is 0.00847. The number of carbonyl (C=O) groups excluding carboxylic acids is 1. The number of Topliss-reactive ketones (excluding diaryl/α,β-unsaturated/α-hetero) is 1. The molecule has 2 rings (SSSR count). The largest absolute Gasteiger partial charge is 0.323 e. The Morgan fingerprint density at radius 3 is 2.36 bits per heavy atom. The van der Waals surface area contributed by atoms with Gasteiger partial charge in [0.1, 0.15) is 5.82 Å². The molecule has 0 radical (unpaired) electrons. The third-order valence-electron chi connectivity index (χ3n) is 2.69. The Morgan fingerprint density at radius 2 is 1.77 bits per heavy atom. The molecular formula is C15H12ClFN4O. The SMILES string of the molecule is N/N=C/C(=NNc1ccc(F)cc1)C(=O)c1ccc(Cl)cc1. The van der Waals surface area contributed by atoms with E-state index in [9.17, 15) is 9.18 Å². The molecule has 0 fully saturated rings. The van der Waals surface area contributed by atoms with E-state index in [1.165, 1.54) is 24.3 Å². The predicted molar refractivity (Wildman–Crippen MR) is 85.9 cm³/mol. The van der Waals surface area contributed by atoms with E-state index >= 15 is 0 Å². The van der Waals surface area contributed by atoms with Crippen molar-refractivity contribution in [3.63, 3.8) is 0 Å². The summed E-state index contributed by atoms with van der Waals surface area (Å²) in [5.74, 6) is 4.36. The molecule has 0 unspecified atom stereocenters. The van der Waals surface area contributed by atoms with Gasteiger partial charge in [0.15, 0.2) is 5.71 Å². The second-order valence-corrected chi connectivity index (χ2v) is 4.67. The Balaban J connectivity index is 2.21. The van der Waals surface area contributed by atoms with Crippen molar-refractivity contribution in [3.8, 4) is 0 Å². The van der Waals surface area contributed by atoms with Gasteiger partial charge in [-0.1, -0.05) is 11.6 Å². The van der Waals surface area contributed by atoms with Crippen LogP contribution in [0.15, 0.2) is 58.7 Å². The fourth-order valence-electron chi connectivity index (χ4n) is 1.61. The van der Waals surface area contributed by atoms with Crippen LogP contribution >= 0.6 is 11.6 Å². The van der Waals surface area contributed by atoms with Crippen LogP contribution in [-0.2, 0) is 0 Å². The van der Waals surface area contributed by atoms with Crippen LogP contribution in [0.2, 0.25) is 5.02 Å². The first-order valence-corrected chi connectivity index (χ1v) is 6.61. The number of benzene rings is 2. The molecule has 0 saturated carbocycles. The lowest BCUT2D eigenvalue weighted by Crippen LogP contribution is -2.18. The number of carbonyl (C=O) groups is 1. The molecule has 0 aliphatic heterocycles. The van der Waals surface area contributed by atoms with Gasteiger partial charge in [0.05, 0.1) is 11.9 Å². The fourth-order valence-corrected chi connectivity index (χ4v) is 1.73. The summed E-state index contributed by atoms with van der Waals surface area (Å²) in [5.41, 5.74) is 3.57. The first-order valence-electron chi connectivity index (χ1n) is 6.23. The van der Waals surface area contributed by atoms with Crippen molar-refractivity contribution in [1.82, 2.24) is 0 Å². The van der Waals surface area contributed by atoms with Gasteiger partial charge >= 0.3 is 0 Å². The number of nitrogens with zero attached hydrogens (tertiary/aromatic N) is 2. The van der Waals surface area contributed by atoms with E-state index in [1.54, 1.807) is 24.3 Å². The number of hydrogen-bond donors (Lipinski definition) is 2. The average Bonchev–Trinajstić information content (AvgIpc) is 2.53. The monoisotopic (exact) mass is 318 g/mol. The predicted octanol–water partition coefficient (Wildman–Crippen LogP) is 3.07. The number of nitrogens with two attached hydrogens (primary N) is 1. The number of rotatable bonds is 5. The molecule has 0 heterocycles. The molecule has 2 aromatic rings. The number of anilines is 1. The topological polar surface area (TPSA) is 79.8 Å². The van der Waals surface area contributed by atoms with Gasteiger partial charge in [0, 0.05) is 10.6 Å². The molecule has 0 aromatic heterocycles. The Hall–Kier alpha value is -2.73. The summed E-state index contributed by atoms with van der Waals surface area (Å²) in [4.78, 5) is 12.3. The summed E-state index contributed by atoms with van der Waals surface area (Å²) in [6.45, 7) is 0. The summed E-state index contributed by atoms with van der Waals surface area (Å²) in [7, 11) is 0. The second-order valence-electron chi connectivity index (χ2n) is 4.23. The van der Waals surface area contributed by atoms with E-state index in [0.29, 0.717) is 16.3 Å². The van der Waals surface area contributed by atoms with E-state index < -0.39 is 0 Å². The minimum atomic E-state index is -0.375. The molecule has 0 bridgehead atoms. The molecule has 0 aliphatic rings. The number of hydrogen-bond acceptors (Lipinski definition) is 5. The van der Waals surface area contributed by atoms with Crippen LogP contribution in [0.4, 0.5) is 10.1 Å². The van der Waals surface area contributed by atoms with Gasteiger partial charge in [-0.25, -0.2) is 4.39 Å². The minimum Gasteiger partial charge on any atom is -0.323 e. The summed E-state index contributed by atoms with van der Waals surface area (Å²) in [5, 5.41) is 7.79. The molecule has 5 nitrogen and oxygen atoms in total. The third kappa shape index (κ3) is 4.13. The smallest absolute Gasteiger partial charge is 0.214 e. The zero-order valence-corrected chi connectivity index (χ0v) is 12.1.